The van der Waals surface area contributed by atoms with E-state index in [9.17, 15) is 18.0 Å². The first-order valence-electron chi connectivity index (χ1n) is 12.2. The highest BCUT2D eigenvalue weighted by molar-refractivity contribution is 7.89. The number of carbonyl (C=O) groups excluding carboxylic acids is 1. The standard InChI is InChI=1S/C26H30N4O4S/c1-19-7-10-21(11-8-19)35(33,34)29-16-14-28(15-17-29)25(31)20-9-12-22-23(18-20)27-24-6-4-2-3-5-13-30(24)26(22)32/h7-12,18H,2-6,13-17H2,1H3. The summed E-state index contributed by atoms with van der Waals surface area (Å²) in [4.78, 5) is 33.0. The molecule has 3 aromatic rings. The Hall–Kier alpha value is -3.04. The smallest absolute Gasteiger partial charge is 0.261 e. The van der Waals surface area contributed by atoms with E-state index in [2.05, 4.69) is 0 Å². The predicted octanol–water partition coefficient (Wildman–Crippen LogP) is 2.97. The van der Waals surface area contributed by atoms with Gasteiger partial charge >= 0.3 is 0 Å². The average Bonchev–Trinajstić information content (AvgIpc) is 2.85. The molecular weight excluding hydrogens is 464 g/mol. The highest BCUT2D eigenvalue weighted by Gasteiger charge is 2.30. The second-order valence-electron chi connectivity index (χ2n) is 9.39. The number of sulfonamides is 1. The molecule has 0 bridgehead atoms. The lowest BCUT2D eigenvalue weighted by atomic mass is 10.1. The van der Waals surface area contributed by atoms with Gasteiger partial charge < -0.3 is 4.90 Å². The van der Waals surface area contributed by atoms with E-state index >= 15 is 0 Å². The Bertz CT molecular complexity index is 1420. The fraction of sp³-hybridized carbons (Fsp3) is 0.423. The predicted molar refractivity (Wildman–Crippen MR) is 134 cm³/mol. The first-order chi connectivity index (χ1) is 16.8. The van der Waals surface area contributed by atoms with Crippen LogP contribution in [0.25, 0.3) is 10.9 Å². The molecule has 1 saturated heterocycles. The molecule has 0 atom stereocenters. The van der Waals surface area contributed by atoms with Crippen LogP contribution in [-0.4, -0.2) is 59.3 Å². The third kappa shape index (κ3) is 4.62. The zero-order valence-electron chi connectivity index (χ0n) is 19.9. The molecule has 9 heteroatoms. The van der Waals surface area contributed by atoms with E-state index in [0.717, 1.165) is 43.5 Å². The van der Waals surface area contributed by atoms with Crippen molar-refractivity contribution >= 4 is 26.8 Å². The van der Waals surface area contributed by atoms with Crippen molar-refractivity contribution in [2.24, 2.45) is 0 Å². The number of fused-ring (bicyclic) bond motifs is 2. The third-order valence-corrected chi connectivity index (χ3v) is 8.91. The van der Waals surface area contributed by atoms with Gasteiger partial charge in [0, 0.05) is 44.7 Å². The van der Waals surface area contributed by atoms with Crippen molar-refractivity contribution in [3.8, 4) is 0 Å². The van der Waals surface area contributed by atoms with E-state index in [1.165, 1.54) is 4.31 Å². The van der Waals surface area contributed by atoms with Gasteiger partial charge in [0.2, 0.25) is 10.0 Å². The molecule has 2 aliphatic rings. The van der Waals surface area contributed by atoms with Gasteiger partial charge in [-0.25, -0.2) is 13.4 Å². The molecule has 5 rings (SSSR count). The fourth-order valence-electron chi connectivity index (χ4n) is 4.90. The van der Waals surface area contributed by atoms with Crippen LogP contribution in [0.1, 0.15) is 47.4 Å². The van der Waals surface area contributed by atoms with Crippen LogP contribution in [0, 0.1) is 6.92 Å². The molecule has 2 aromatic carbocycles. The van der Waals surface area contributed by atoms with E-state index in [1.807, 2.05) is 6.92 Å². The third-order valence-electron chi connectivity index (χ3n) is 7.00. The Morgan fingerprint density at radius 3 is 2.34 bits per heavy atom. The van der Waals surface area contributed by atoms with Crippen molar-refractivity contribution in [2.45, 2.75) is 50.5 Å². The molecule has 0 radical (unpaired) electrons. The minimum Gasteiger partial charge on any atom is -0.336 e. The Morgan fingerprint density at radius 2 is 1.60 bits per heavy atom. The van der Waals surface area contributed by atoms with Crippen LogP contribution in [-0.2, 0) is 23.0 Å². The minimum absolute atomic E-state index is 0.0409. The van der Waals surface area contributed by atoms with Crippen LogP contribution in [0.3, 0.4) is 0 Å². The number of benzene rings is 2. The summed E-state index contributed by atoms with van der Waals surface area (Å²) in [6.45, 7) is 3.69. The van der Waals surface area contributed by atoms with Crippen LogP contribution < -0.4 is 5.56 Å². The number of piperazine rings is 1. The van der Waals surface area contributed by atoms with Gasteiger partial charge in [0.1, 0.15) is 5.82 Å². The number of nitrogens with zero attached hydrogens (tertiary/aromatic N) is 4. The van der Waals surface area contributed by atoms with Crippen LogP contribution in [0.2, 0.25) is 0 Å². The summed E-state index contributed by atoms with van der Waals surface area (Å²) >= 11 is 0. The van der Waals surface area contributed by atoms with Gasteiger partial charge in [-0.05, 0) is 50.1 Å². The van der Waals surface area contributed by atoms with Gasteiger partial charge in [-0.15, -0.1) is 0 Å². The molecule has 1 amide bonds. The van der Waals surface area contributed by atoms with E-state index < -0.39 is 10.0 Å². The second kappa shape index (κ2) is 9.54. The normalized spacial score (nSPS) is 17.6. The summed E-state index contributed by atoms with van der Waals surface area (Å²) in [6, 6.07) is 11.9. The van der Waals surface area contributed by atoms with Crippen LogP contribution in [0.15, 0.2) is 52.2 Å². The topological polar surface area (TPSA) is 92.6 Å². The van der Waals surface area contributed by atoms with Crippen molar-refractivity contribution in [3.63, 3.8) is 0 Å². The van der Waals surface area contributed by atoms with Gasteiger partial charge in [-0.2, -0.15) is 4.31 Å². The van der Waals surface area contributed by atoms with Crippen molar-refractivity contribution < 1.29 is 13.2 Å². The Kier molecular flexibility index (Phi) is 6.46. The Morgan fingerprint density at radius 1 is 0.886 bits per heavy atom. The highest BCUT2D eigenvalue weighted by Crippen LogP contribution is 2.21. The lowest BCUT2D eigenvalue weighted by molar-refractivity contribution is 0.0698. The van der Waals surface area contributed by atoms with E-state index in [-0.39, 0.29) is 29.5 Å². The summed E-state index contributed by atoms with van der Waals surface area (Å²) in [5.74, 6) is 0.620. The quantitative estimate of drug-likeness (QED) is 0.558. The van der Waals surface area contributed by atoms with Crippen LogP contribution in [0.4, 0.5) is 0 Å². The number of carbonyl (C=O) groups is 1. The molecule has 35 heavy (non-hydrogen) atoms. The minimum atomic E-state index is -3.59. The van der Waals surface area contributed by atoms with Crippen LogP contribution >= 0.6 is 0 Å². The van der Waals surface area contributed by atoms with Crippen molar-refractivity contribution in [1.82, 2.24) is 18.8 Å². The monoisotopic (exact) mass is 494 g/mol. The van der Waals surface area contributed by atoms with Gasteiger partial charge in [0.25, 0.3) is 11.5 Å². The Balaban J connectivity index is 1.34. The van der Waals surface area contributed by atoms with Gasteiger partial charge in [-0.1, -0.05) is 30.5 Å². The summed E-state index contributed by atoms with van der Waals surface area (Å²) in [5, 5.41) is 0.528. The maximum Gasteiger partial charge on any atom is 0.261 e. The number of hydrogen-bond donors (Lipinski definition) is 0. The highest BCUT2D eigenvalue weighted by atomic mass is 32.2. The van der Waals surface area contributed by atoms with Crippen molar-refractivity contribution in [3.05, 3.63) is 69.8 Å². The molecule has 1 aromatic heterocycles. The molecule has 8 nitrogen and oxygen atoms in total. The first-order valence-corrected chi connectivity index (χ1v) is 13.7. The maximum absolute atomic E-state index is 13.2. The van der Waals surface area contributed by atoms with Crippen molar-refractivity contribution in [1.29, 1.82) is 0 Å². The molecule has 0 saturated carbocycles. The largest absolute Gasteiger partial charge is 0.336 e. The summed E-state index contributed by atoms with van der Waals surface area (Å²) in [6.07, 6.45) is 5.00. The number of rotatable bonds is 3. The average molecular weight is 495 g/mol. The number of aryl methyl sites for hydroxylation is 2. The summed E-state index contributed by atoms with van der Waals surface area (Å²) < 4.78 is 29.2. The molecule has 0 N–H and O–H groups in total. The summed E-state index contributed by atoms with van der Waals surface area (Å²) in [7, 11) is -3.59. The van der Waals surface area contributed by atoms with Crippen molar-refractivity contribution in [2.75, 3.05) is 26.2 Å². The molecule has 0 spiro atoms. The molecule has 1 fully saturated rings. The molecule has 2 aliphatic heterocycles. The number of amides is 1. The Labute approximate surface area is 205 Å². The molecular formula is C26H30N4O4S. The van der Waals surface area contributed by atoms with E-state index in [0.29, 0.717) is 36.1 Å². The van der Waals surface area contributed by atoms with Crippen LogP contribution in [0.5, 0.6) is 0 Å². The summed E-state index contributed by atoms with van der Waals surface area (Å²) in [5.41, 5.74) is 1.97. The molecule has 3 heterocycles. The lowest BCUT2D eigenvalue weighted by Gasteiger charge is -2.34. The molecule has 184 valence electrons. The fourth-order valence-corrected chi connectivity index (χ4v) is 6.32. The van der Waals surface area contributed by atoms with E-state index in [1.54, 1.807) is 51.9 Å². The van der Waals surface area contributed by atoms with Gasteiger partial charge in [-0.3, -0.25) is 14.2 Å². The SMILES string of the molecule is Cc1ccc(S(=O)(=O)N2CCN(C(=O)c3ccc4c(=O)n5c(nc4c3)CCCCCC5)CC2)cc1. The molecule has 0 aliphatic carbocycles. The molecule has 0 unspecified atom stereocenters. The lowest BCUT2D eigenvalue weighted by Crippen LogP contribution is -2.50. The first kappa shape index (κ1) is 23.7. The zero-order chi connectivity index (χ0) is 24.6. The van der Waals surface area contributed by atoms with Gasteiger partial charge in [0.05, 0.1) is 15.8 Å². The maximum atomic E-state index is 13.2. The number of hydrogen-bond acceptors (Lipinski definition) is 5. The number of aromatic nitrogens is 2. The zero-order valence-corrected chi connectivity index (χ0v) is 20.8. The van der Waals surface area contributed by atoms with E-state index in [4.69, 9.17) is 4.98 Å². The second-order valence-corrected chi connectivity index (χ2v) is 11.3. The van der Waals surface area contributed by atoms with Gasteiger partial charge in [0.15, 0.2) is 0 Å².